The van der Waals surface area contributed by atoms with E-state index in [9.17, 15) is 4.79 Å². The fourth-order valence-electron chi connectivity index (χ4n) is 1.91. The Balaban J connectivity index is 1.85. The van der Waals surface area contributed by atoms with Gasteiger partial charge in [0.05, 0.1) is 13.2 Å². The number of carbonyl (C=O) groups is 1. The summed E-state index contributed by atoms with van der Waals surface area (Å²) < 4.78 is 10.3. The van der Waals surface area contributed by atoms with Crippen LogP contribution >= 0.6 is 0 Å². The molecule has 2 rings (SSSR count). The summed E-state index contributed by atoms with van der Waals surface area (Å²) in [6.45, 7) is 1.76. The normalized spacial score (nSPS) is 10.7. The summed E-state index contributed by atoms with van der Waals surface area (Å²) >= 11 is 0. The molecule has 106 valence electrons. The summed E-state index contributed by atoms with van der Waals surface area (Å²) in [5.74, 6) is -0.483. The molecule has 0 radical (unpaired) electrons. The molecular weight excluding hydrogens is 258 g/mol. The fourth-order valence-corrected chi connectivity index (χ4v) is 1.91. The molecule has 5 nitrogen and oxygen atoms in total. The molecular formula is C15H17NO4. The summed E-state index contributed by atoms with van der Waals surface area (Å²) in [4.78, 5) is 10.7. The second kappa shape index (κ2) is 6.88. The zero-order valence-electron chi connectivity index (χ0n) is 11.3. The Morgan fingerprint density at radius 2 is 2.05 bits per heavy atom. The molecule has 0 atom stereocenters. The van der Waals surface area contributed by atoms with E-state index in [0.717, 1.165) is 11.1 Å². The Labute approximate surface area is 117 Å². The molecule has 2 N–H and O–H groups in total. The highest BCUT2D eigenvalue weighted by atomic mass is 16.5. The van der Waals surface area contributed by atoms with E-state index in [4.69, 9.17) is 14.3 Å². The quantitative estimate of drug-likeness (QED) is 0.812. The number of nitrogens with one attached hydrogen (secondary N) is 1. The number of carboxylic acids is 1. The van der Waals surface area contributed by atoms with Crippen LogP contribution in [0, 0.1) is 0 Å². The van der Waals surface area contributed by atoms with Crippen LogP contribution in [0.2, 0.25) is 0 Å². The van der Waals surface area contributed by atoms with Crippen LogP contribution in [0.1, 0.15) is 27.4 Å². The van der Waals surface area contributed by atoms with Crippen LogP contribution in [0.4, 0.5) is 0 Å². The summed E-state index contributed by atoms with van der Waals surface area (Å²) in [5.41, 5.74) is 2.27. The number of ether oxygens (including phenoxy) is 1. The summed E-state index contributed by atoms with van der Waals surface area (Å²) in [5, 5.41) is 12.0. The van der Waals surface area contributed by atoms with Crippen molar-refractivity contribution in [1.82, 2.24) is 5.32 Å². The number of carboxylic acid groups (broad SMARTS) is 1. The van der Waals surface area contributed by atoms with Crippen molar-refractivity contribution in [3.05, 3.63) is 59.0 Å². The zero-order valence-corrected chi connectivity index (χ0v) is 11.3. The van der Waals surface area contributed by atoms with Gasteiger partial charge in [-0.1, -0.05) is 24.3 Å². The lowest BCUT2D eigenvalue weighted by Gasteiger charge is -2.05. The van der Waals surface area contributed by atoms with Gasteiger partial charge in [-0.25, -0.2) is 4.79 Å². The Morgan fingerprint density at radius 3 is 2.75 bits per heavy atom. The lowest BCUT2D eigenvalue weighted by molar-refractivity contribution is 0.0660. The first kappa shape index (κ1) is 14.3. The van der Waals surface area contributed by atoms with Gasteiger partial charge in [0.15, 0.2) is 0 Å². The monoisotopic (exact) mass is 275 g/mol. The highest BCUT2D eigenvalue weighted by molar-refractivity contribution is 5.84. The first-order valence-electron chi connectivity index (χ1n) is 6.28. The first-order valence-corrected chi connectivity index (χ1v) is 6.28. The van der Waals surface area contributed by atoms with Crippen molar-refractivity contribution in [3.63, 3.8) is 0 Å². The zero-order chi connectivity index (χ0) is 14.4. The number of aromatic carboxylic acids is 1. The third kappa shape index (κ3) is 3.94. The number of rotatable bonds is 7. The van der Waals surface area contributed by atoms with Crippen molar-refractivity contribution in [1.29, 1.82) is 0 Å². The SMILES string of the molecule is COCc1cccc(CNCc2ccc(C(=O)O)o2)c1. The third-order valence-electron chi connectivity index (χ3n) is 2.80. The van der Waals surface area contributed by atoms with Gasteiger partial charge in [0.25, 0.3) is 0 Å². The highest BCUT2D eigenvalue weighted by Gasteiger charge is 2.08. The van der Waals surface area contributed by atoms with Gasteiger partial charge in [-0.3, -0.25) is 0 Å². The standard InChI is InChI=1S/C15H17NO4/c1-19-10-12-4-2-3-11(7-12)8-16-9-13-5-6-14(20-13)15(17)18/h2-7,16H,8-10H2,1H3,(H,17,18). The molecule has 0 unspecified atom stereocenters. The van der Waals surface area contributed by atoms with Crippen molar-refractivity contribution >= 4 is 5.97 Å². The van der Waals surface area contributed by atoms with E-state index in [0.29, 0.717) is 25.5 Å². The molecule has 1 aromatic heterocycles. The third-order valence-corrected chi connectivity index (χ3v) is 2.80. The van der Waals surface area contributed by atoms with Crippen molar-refractivity contribution in [2.75, 3.05) is 7.11 Å². The molecule has 0 aliphatic rings. The molecule has 2 aromatic rings. The average Bonchev–Trinajstić information content (AvgIpc) is 2.89. The van der Waals surface area contributed by atoms with E-state index >= 15 is 0 Å². The second-order valence-corrected chi connectivity index (χ2v) is 4.43. The highest BCUT2D eigenvalue weighted by Crippen LogP contribution is 2.09. The molecule has 0 aliphatic heterocycles. The maximum atomic E-state index is 10.7. The molecule has 1 heterocycles. The topological polar surface area (TPSA) is 71.7 Å². The Morgan fingerprint density at radius 1 is 1.25 bits per heavy atom. The van der Waals surface area contributed by atoms with Gasteiger partial charge < -0.3 is 19.6 Å². The van der Waals surface area contributed by atoms with Crippen LogP contribution in [-0.4, -0.2) is 18.2 Å². The lowest BCUT2D eigenvalue weighted by atomic mass is 10.1. The van der Waals surface area contributed by atoms with Crippen molar-refractivity contribution in [2.24, 2.45) is 0 Å². The van der Waals surface area contributed by atoms with Crippen LogP contribution in [0.25, 0.3) is 0 Å². The first-order chi connectivity index (χ1) is 9.69. The lowest BCUT2D eigenvalue weighted by Crippen LogP contribution is -2.12. The summed E-state index contributed by atoms with van der Waals surface area (Å²) in [6.07, 6.45) is 0. The minimum atomic E-state index is -1.05. The Hall–Kier alpha value is -2.11. The predicted molar refractivity (Wildman–Crippen MR) is 73.4 cm³/mol. The van der Waals surface area contributed by atoms with E-state index < -0.39 is 5.97 Å². The smallest absolute Gasteiger partial charge is 0.371 e. The second-order valence-electron chi connectivity index (χ2n) is 4.43. The maximum Gasteiger partial charge on any atom is 0.371 e. The van der Waals surface area contributed by atoms with Crippen molar-refractivity contribution in [3.8, 4) is 0 Å². The van der Waals surface area contributed by atoms with E-state index in [1.165, 1.54) is 6.07 Å². The largest absolute Gasteiger partial charge is 0.475 e. The van der Waals surface area contributed by atoms with Crippen LogP contribution < -0.4 is 5.32 Å². The minimum Gasteiger partial charge on any atom is -0.475 e. The molecule has 5 heteroatoms. The minimum absolute atomic E-state index is 0.0381. The van der Waals surface area contributed by atoms with Crippen molar-refractivity contribution < 1.29 is 19.1 Å². The molecule has 0 aliphatic carbocycles. The van der Waals surface area contributed by atoms with Gasteiger partial charge in [-0.05, 0) is 23.3 Å². The van der Waals surface area contributed by atoms with E-state index in [1.54, 1.807) is 13.2 Å². The number of hydrogen-bond acceptors (Lipinski definition) is 4. The molecule has 0 saturated heterocycles. The van der Waals surface area contributed by atoms with Gasteiger partial charge in [0.1, 0.15) is 5.76 Å². The number of benzene rings is 1. The van der Waals surface area contributed by atoms with E-state index in [1.807, 2.05) is 18.2 Å². The van der Waals surface area contributed by atoms with Gasteiger partial charge in [-0.2, -0.15) is 0 Å². The van der Waals surface area contributed by atoms with Crippen molar-refractivity contribution in [2.45, 2.75) is 19.7 Å². The molecule has 0 bridgehead atoms. The number of methoxy groups -OCH3 is 1. The van der Waals surface area contributed by atoms with Gasteiger partial charge in [-0.15, -0.1) is 0 Å². The average molecular weight is 275 g/mol. The molecule has 0 saturated carbocycles. The molecule has 1 aromatic carbocycles. The van der Waals surface area contributed by atoms with E-state index in [-0.39, 0.29) is 5.76 Å². The van der Waals surface area contributed by atoms with E-state index in [2.05, 4.69) is 11.4 Å². The summed E-state index contributed by atoms with van der Waals surface area (Å²) in [6, 6.07) is 11.2. The van der Waals surface area contributed by atoms with Gasteiger partial charge in [0.2, 0.25) is 5.76 Å². The van der Waals surface area contributed by atoms with Crippen LogP contribution in [0.15, 0.2) is 40.8 Å². The Kier molecular flexibility index (Phi) is 4.92. The van der Waals surface area contributed by atoms with Gasteiger partial charge >= 0.3 is 5.97 Å². The molecule has 0 spiro atoms. The predicted octanol–water partition coefficient (Wildman–Crippen LogP) is 2.41. The molecule has 0 amide bonds. The van der Waals surface area contributed by atoms with Crippen LogP contribution in [0.3, 0.4) is 0 Å². The molecule has 20 heavy (non-hydrogen) atoms. The number of furan rings is 1. The van der Waals surface area contributed by atoms with Crippen LogP contribution in [0.5, 0.6) is 0 Å². The number of hydrogen-bond donors (Lipinski definition) is 2. The molecule has 0 fully saturated rings. The van der Waals surface area contributed by atoms with Gasteiger partial charge in [0, 0.05) is 13.7 Å². The maximum absolute atomic E-state index is 10.7. The summed E-state index contributed by atoms with van der Waals surface area (Å²) in [7, 11) is 1.67. The fraction of sp³-hybridized carbons (Fsp3) is 0.267. The Bertz CT molecular complexity index is 577. The van der Waals surface area contributed by atoms with Crippen LogP contribution in [-0.2, 0) is 24.4 Å².